The van der Waals surface area contributed by atoms with Crippen LogP contribution in [0.4, 0.5) is 11.4 Å². The maximum absolute atomic E-state index is 13.2. The van der Waals surface area contributed by atoms with Crippen molar-refractivity contribution in [3.05, 3.63) is 97.5 Å². The largest absolute Gasteiger partial charge is 0.368 e. The van der Waals surface area contributed by atoms with Gasteiger partial charge >= 0.3 is 0 Å². The number of pyridine rings is 1. The van der Waals surface area contributed by atoms with Crippen molar-refractivity contribution in [3.8, 4) is 11.3 Å². The van der Waals surface area contributed by atoms with Crippen molar-refractivity contribution < 1.29 is 19.5 Å². The Morgan fingerprint density at radius 3 is 2.59 bits per heavy atom. The minimum atomic E-state index is -0.187. The molecule has 2 aliphatic rings. The number of rotatable bonds is 9. The highest BCUT2D eigenvalue weighted by Gasteiger charge is 2.31. The van der Waals surface area contributed by atoms with Crippen LogP contribution >= 0.6 is 0 Å². The van der Waals surface area contributed by atoms with E-state index in [1.807, 2.05) is 30.0 Å². The first-order chi connectivity index (χ1) is 22.4. The van der Waals surface area contributed by atoms with E-state index < -0.39 is 0 Å². The van der Waals surface area contributed by atoms with Gasteiger partial charge in [0.05, 0.1) is 18.0 Å². The summed E-state index contributed by atoms with van der Waals surface area (Å²) in [5.74, 6) is -0.122. The predicted octanol–water partition coefficient (Wildman–Crippen LogP) is 3.87. The average molecular weight is 620 g/mol. The van der Waals surface area contributed by atoms with Gasteiger partial charge in [-0.15, -0.1) is 0 Å². The maximum atomic E-state index is 13.2. The lowest BCUT2D eigenvalue weighted by atomic mass is 10.1. The second-order valence-corrected chi connectivity index (χ2v) is 11.7. The van der Waals surface area contributed by atoms with E-state index in [1.54, 1.807) is 42.9 Å². The summed E-state index contributed by atoms with van der Waals surface area (Å²) >= 11 is 0. The van der Waals surface area contributed by atoms with E-state index in [4.69, 9.17) is 0 Å². The number of carbonyl (C=O) groups excluding carboxylic acids is 2. The van der Waals surface area contributed by atoms with E-state index in [-0.39, 0.29) is 17.7 Å². The molecule has 4 heterocycles. The monoisotopic (exact) mass is 619 g/mol. The van der Waals surface area contributed by atoms with E-state index in [0.29, 0.717) is 44.8 Å². The quantitative estimate of drug-likeness (QED) is 0.113. The Balaban J connectivity index is 0.980. The SMILES string of the molecule is C=C/C=C\N=C(C)c1ccc(N2CCN(C(=O)CN3CC[C@@H](C(=O)Nc4ccc5[nH]nc(-c6cc[n+](O)cc6)c5c4)C3)CC2)cc1. The van der Waals surface area contributed by atoms with Crippen molar-refractivity contribution in [2.24, 2.45) is 10.9 Å². The summed E-state index contributed by atoms with van der Waals surface area (Å²) in [6.07, 6.45) is 9.04. The van der Waals surface area contributed by atoms with Gasteiger partial charge in [0.2, 0.25) is 24.2 Å². The fourth-order valence-corrected chi connectivity index (χ4v) is 6.03. The van der Waals surface area contributed by atoms with Crippen LogP contribution in [0.2, 0.25) is 0 Å². The van der Waals surface area contributed by atoms with Gasteiger partial charge in [-0.1, -0.05) is 24.8 Å². The molecule has 2 aromatic heterocycles. The number of hydrogen-bond acceptors (Lipinski definition) is 7. The first-order valence-corrected chi connectivity index (χ1v) is 15.6. The van der Waals surface area contributed by atoms with Crippen LogP contribution in [0, 0.1) is 5.92 Å². The number of anilines is 2. The van der Waals surface area contributed by atoms with Crippen LogP contribution in [0.3, 0.4) is 0 Å². The molecule has 6 rings (SSSR count). The number of nitrogens with one attached hydrogen (secondary N) is 2. The Morgan fingerprint density at radius 2 is 1.85 bits per heavy atom. The Hall–Kier alpha value is -5.29. The van der Waals surface area contributed by atoms with E-state index >= 15 is 0 Å². The Kier molecular flexibility index (Phi) is 9.20. The van der Waals surface area contributed by atoms with E-state index in [1.165, 1.54) is 0 Å². The molecule has 11 heteroatoms. The number of piperazine rings is 1. The molecule has 11 nitrogen and oxygen atoms in total. The Labute approximate surface area is 268 Å². The van der Waals surface area contributed by atoms with Gasteiger partial charge in [0.25, 0.3) is 0 Å². The number of benzene rings is 2. The zero-order valence-corrected chi connectivity index (χ0v) is 26.0. The summed E-state index contributed by atoms with van der Waals surface area (Å²) in [6, 6.07) is 17.6. The second-order valence-electron chi connectivity index (χ2n) is 11.7. The van der Waals surface area contributed by atoms with Crippen LogP contribution in [0.15, 0.2) is 96.9 Å². The number of fused-ring (bicyclic) bond motifs is 1. The molecule has 4 aromatic rings. The maximum Gasteiger partial charge on any atom is 0.236 e. The average Bonchev–Trinajstić information content (AvgIpc) is 3.73. The molecule has 1 atom stereocenters. The van der Waals surface area contributed by atoms with Gasteiger partial charge in [-0.3, -0.25) is 29.8 Å². The molecule has 0 spiro atoms. The number of aliphatic imine (C=N–C) groups is 1. The zero-order valence-electron chi connectivity index (χ0n) is 26.0. The fourth-order valence-electron chi connectivity index (χ4n) is 6.03. The zero-order chi connectivity index (χ0) is 32.0. The van der Waals surface area contributed by atoms with Gasteiger partial charge in [0, 0.05) is 83.8 Å². The molecule has 46 heavy (non-hydrogen) atoms. The number of allylic oxidation sites excluding steroid dienone is 2. The molecule has 0 aliphatic carbocycles. The van der Waals surface area contributed by atoms with Gasteiger partial charge in [-0.2, -0.15) is 5.10 Å². The fraction of sp³-hybridized carbons (Fsp3) is 0.286. The second kappa shape index (κ2) is 13.8. The Bertz CT molecular complexity index is 1770. The molecular weight excluding hydrogens is 580 g/mol. The lowest BCUT2D eigenvalue weighted by molar-refractivity contribution is -0.904. The molecule has 2 aliphatic heterocycles. The van der Waals surface area contributed by atoms with Gasteiger partial charge in [-0.05, 0) is 61.9 Å². The third kappa shape index (κ3) is 7.00. The summed E-state index contributed by atoms with van der Waals surface area (Å²) < 4.78 is 0.979. The Morgan fingerprint density at radius 1 is 1.09 bits per heavy atom. The van der Waals surface area contributed by atoms with Gasteiger partial charge in [0.1, 0.15) is 5.69 Å². The molecule has 2 fully saturated rings. The summed E-state index contributed by atoms with van der Waals surface area (Å²) in [5.41, 5.74) is 6.29. The van der Waals surface area contributed by atoms with Crippen molar-refractivity contribution in [1.29, 1.82) is 0 Å². The van der Waals surface area contributed by atoms with Crippen LogP contribution in [0.1, 0.15) is 18.9 Å². The third-order valence-electron chi connectivity index (χ3n) is 8.69. The minimum Gasteiger partial charge on any atom is -0.368 e. The third-order valence-corrected chi connectivity index (χ3v) is 8.69. The first kappa shape index (κ1) is 30.7. The molecule has 236 valence electrons. The lowest BCUT2D eigenvalue weighted by Gasteiger charge is -2.36. The van der Waals surface area contributed by atoms with Gasteiger partial charge < -0.3 is 15.1 Å². The lowest BCUT2D eigenvalue weighted by Crippen LogP contribution is -2.51. The number of aromatic nitrogens is 3. The molecule has 0 bridgehead atoms. The van der Waals surface area contributed by atoms with Gasteiger partial charge in [-0.25, -0.2) is 0 Å². The van der Waals surface area contributed by atoms with E-state index in [9.17, 15) is 14.8 Å². The number of aromatic amines is 1. The molecule has 0 radical (unpaired) electrons. The number of nitrogens with zero attached hydrogens (tertiary/aromatic N) is 6. The number of H-pyrrole nitrogens is 1. The molecule has 0 saturated carbocycles. The van der Waals surface area contributed by atoms with Crippen LogP contribution in [-0.2, 0) is 9.59 Å². The topological polar surface area (TPSA) is 121 Å². The highest BCUT2D eigenvalue weighted by atomic mass is 16.5. The number of amides is 2. The van der Waals surface area contributed by atoms with E-state index in [0.717, 1.165) is 56.9 Å². The summed E-state index contributed by atoms with van der Waals surface area (Å²) in [6.45, 7) is 10.1. The van der Waals surface area contributed by atoms with Crippen molar-refractivity contribution >= 4 is 39.8 Å². The van der Waals surface area contributed by atoms with Crippen molar-refractivity contribution in [2.75, 3.05) is 56.0 Å². The highest BCUT2D eigenvalue weighted by Crippen LogP contribution is 2.29. The molecule has 2 amide bonds. The summed E-state index contributed by atoms with van der Waals surface area (Å²) in [4.78, 5) is 37.1. The van der Waals surface area contributed by atoms with Crippen molar-refractivity contribution in [2.45, 2.75) is 13.3 Å². The minimum absolute atomic E-state index is 0.0466. The predicted molar refractivity (Wildman–Crippen MR) is 179 cm³/mol. The molecule has 2 saturated heterocycles. The van der Waals surface area contributed by atoms with Crippen molar-refractivity contribution in [3.63, 3.8) is 0 Å². The van der Waals surface area contributed by atoms with Gasteiger partial charge in [0.15, 0.2) is 0 Å². The first-order valence-electron chi connectivity index (χ1n) is 15.6. The summed E-state index contributed by atoms with van der Waals surface area (Å²) in [5, 5.41) is 20.9. The smallest absolute Gasteiger partial charge is 0.236 e. The normalized spacial score (nSPS) is 17.6. The summed E-state index contributed by atoms with van der Waals surface area (Å²) in [7, 11) is 0. The molecule has 2 aromatic carbocycles. The highest BCUT2D eigenvalue weighted by molar-refractivity contribution is 6.00. The molecule has 0 unspecified atom stereocenters. The van der Waals surface area contributed by atoms with Crippen LogP contribution in [0.5, 0.6) is 0 Å². The number of likely N-dealkylation sites (tertiary alicyclic amines) is 1. The van der Waals surface area contributed by atoms with Crippen LogP contribution in [0.25, 0.3) is 22.2 Å². The number of hydrogen-bond donors (Lipinski definition) is 3. The molecule has 3 N–H and O–H groups in total. The number of carbonyl (C=O) groups is 2. The molecular formula is C35H39N8O3+. The standard InChI is InChI=1S/C35H38N8O3/c1-3-4-14-36-25(2)26-5-8-30(9-6-26)41-18-20-42(21-19-41)33(44)24-40-15-11-28(23-40)35(45)37-29-7-10-32-31(22-29)34(39-38-32)27-12-16-43(46)17-13-27/h3-10,12-14,16-17,22,28,46H,1,11,15,18-21,23-24H2,2H3,(H,37,39,45)/p+1/b14-4-,36-25?/t28-/m1/s1. The van der Waals surface area contributed by atoms with E-state index in [2.05, 4.69) is 61.2 Å². The van der Waals surface area contributed by atoms with Crippen LogP contribution < -0.4 is 14.9 Å². The van der Waals surface area contributed by atoms with Crippen molar-refractivity contribution in [1.82, 2.24) is 20.0 Å². The van der Waals surface area contributed by atoms with Crippen LogP contribution in [-0.4, -0.2) is 88.5 Å².